The van der Waals surface area contributed by atoms with Crippen molar-refractivity contribution < 1.29 is 13.7 Å². The second-order valence-corrected chi connectivity index (χ2v) is 5.94. The van der Waals surface area contributed by atoms with Crippen LogP contribution in [0.4, 0.5) is 20.2 Å². The quantitative estimate of drug-likeness (QED) is 0.672. The Morgan fingerprint density at radius 3 is 2.71 bits per heavy atom. The molecule has 114 valence electrons. The van der Waals surface area contributed by atoms with Gasteiger partial charge < -0.3 is 10.6 Å². The normalized spacial score (nSPS) is 28.5. The zero-order valence-corrected chi connectivity index (χ0v) is 11.5. The minimum atomic E-state index is -1.13. The molecule has 2 N–H and O–H groups in total. The fourth-order valence-corrected chi connectivity index (χ4v) is 3.69. The predicted octanol–water partition coefficient (Wildman–Crippen LogP) is 2.44. The first-order valence-electron chi connectivity index (χ1n) is 7.11. The van der Waals surface area contributed by atoms with E-state index in [1.807, 2.05) is 0 Å². The number of hydrogen-bond donors (Lipinski definition) is 1. The molecule has 1 aliphatic carbocycles. The minimum Gasteiger partial charge on any atom is -0.365 e. The Morgan fingerprint density at radius 2 is 2.05 bits per heavy atom. The van der Waals surface area contributed by atoms with Gasteiger partial charge in [0.2, 0.25) is 5.82 Å². The summed E-state index contributed by atoms with van der Waals surface area (Å²) in [5.74, 6) is -1.34. The fourth-order valence-electron chi connectivity index (χ4n) is 3.69. The lowest BCUT2D eigenvalue weighted by atomic mass is 9.78. The van der Waals surface area contributed by atoms with Gasteiger partial charge in [0.1, 0.15) is 11.5 Å². The number of nitro benzene ring substituents is 1. The molecule has 1 heterocycles. The second-order valence-electron chi connectivity index (χ2n) is 5.94. The smallest absolute Gasteiger partial charge is 0.328 e. The molecule has 3 rings (SSSR count). The summed E-state index contributed by atoms with van der Waals surface area (Å²) in [4.78, 5) is 12.0. The van der Waals surface area contributed by atoms with E-state index in [0.29, 0.717) is 25.1 Å². The molecule has 5 nitrogen and oxygen atoms in total. The van der Waals surface area contributed by atoms with Gasteiger partial charge in [0.15, 0.2) is 0 Å². The van der Waals surface area contributed by atoms with Crippen LogP contribution in [-0.4, -0.2) is 24.1 Å². The van der Waals surface area contributed by atoms with E-state index in [1.165, 1.54) is 0 Å². The van der Waals surface area contributed by atoms with Gasteiger partial charge in [-0.15, -0.1) is 0 Å². The van der Waals surface area contributed by atoms with Crippen molar-refractivity contribution in [2.45, 2.75) is 25.3 Å². The zero-order chi connectivity index (χ0) is 15.1. The second kappa shape index (κ2) is 5.22. The third-order valence-electron chi connectivity index (χ3n) is 4.69. The van der Waals surface area contributed by atoms with E-state index in [-0.39, 0.29) is 17.6 Å². The molecule has 3 unspecified atom stereocenters. The molecule has 2 fully saturated rings. The van der Waals surface area contributed by atoms with Crippen LogP contribution in [0.3, 0.4) is 0 Å². The van der Waals surface area contributed by atoms with Gasteiger partial charge in [0, 0.05) is 31.3 Å². The van der Waals surface area contributed by atoms with E-state index in [0.717, 1.165) is 25.3 Å². The van der Waals surface area contributed by atoms with Gasteiger partial charge in [-0.05, 0) is 24.7 Å². The maximum Gasteiger partial charge on any atom is 0.328 e. The van der Waals surface area contributed by atoms with E-state index in [4.69, 9.17) is 5.73 Å². The number of halogens is 2. The molecular formula is C14H17F2N3O2. The number of nitro groups is 1. The Morgan fingerprint density at radius 1 is 1.29 bits per heavy atom. The monoisotopic (exact) mass is 297 g/mol. The predicted molar refractivity (Wildman–Crippen MR) is 74.0 cm³/mol. The van der Waals surface area contributed by atoms with Gasteiger partial charge in [-0.3, -0.25) is 10.1 Å². The van der Waals surface area contributed by atoms with Crippen molar-refractivity contribution in [2.75, 3.05) is 18.0 Å². The third kappa shape index (κ3) is 2.46. The highest BCUT2D eigenvalue weighted by Gasteiger charge is 2.41. The highest BCUT2D eigenvalue weighted by atomic mass is 19.1. The van der Waals surface area contributed by atoms with Crippen LogP contribution in [-0.2, 0) is 0 Å². The topological polar surface area (TPSA) is 72.4 Å². The number of anilines is 1. The van der Waals surface area contributed by atoms with Crippen LogP contribution in [0, 0.1) is 33.6 Å². The third-order valence-corrected chi connectivity index (χ3v) is 4.69. The fraction of sp³-hybridized carbons (Fsp3) is 0.571. The van der Waals surface area contributed by atoms with Gasteiger partial charge >= 0.3 is 5.69 Å². The molecular weight excluding hydrogens is 280 g/mol. The number of benzene rings is 1. The average molecular weight is 297 g/mol. The molecule has 1 saturated heterocycles. The summed E-state index contributed by atoms with van der Waals surface area (Å²) in [5.41, 5.74) is 5.49. The lowest BCUT2D eigenvalue weighted by Crippen LogP contribution is -2.38. The van der Waals surface area contributed by atoms with Crippen molar-refractivity contribution in [1.82, 2.24) is 0 Å². The van der Waals surface area contributed by atoms with Gasteiger partial charge in [0.25, 0.3) is 0 Å². The van der Waals surface area contributed by atoms with E-state index in [1.54, 1.807) is 4.90 Å². The van der Waals surface area contributed by atoms with Crippen LogP contribution < -0.4 is 10.6 Å². The summed E-state index contributed by atoms with van der Waals surface area (Å²) in [6.45, 7) is 1.09. The molecule has 0 bridgehead atoms. The summed E-state index contributed by atoms with van der Waals surface area (Å²) in [7, 11) is 0. The summed E-state index contributed by atoms with van der Waals surface area (Å²) in [5, 5.41) is 11.1. The number of hydrogen-bond acceptors (Lipinski definition) is 4. The lowest BCUT2D eigenvalue weighted by molar-refractivity contribution is -0.386. The van der Waals surface area contributed by atoms with Crippen LogP contribution in [0.1, 0.15) is 19.3 Å². The van der Waals surface area contributed by atoms with Crippen molar-refractivity contribution in [3.63, 3.8) is 0 Å². The Hall–Kier alpha value is -1.76. The lowest BCUT2D eigenvalue weighted by Gasteiger charge is -2.29. The van der Waals surface area contributed by atoms with Crippen LogP contribution in [0.5, 0.6) is 0 Å². The summed E-state index contributed by atoms with van der Waals surface area (Å²) < 4.78 is 27.2. The SMILES string of the molecule is NC1CCCC2CN(c3cc(F)cc(F)c3[N+](=O)[O-])CC12. The molecule has 0 amide bonds. The first kappa shape index (κ1) is 14.2. The number of nitrogens with two attached hydrogens (primary N) is 1. The Labute approximate surface area is 120 Å². The first-order valence-corrected chi connectivity index (χ1v) is 7.11. The van der Waals surface area contributed by atoms with Crippen molar-refractivity contribution in [2.24, 2.45) is 17.6 Å². The Balaban J connectivity index is 1.96. The van der Waals surface area contributed by atoms with Crippen LogP contribution in [0.15, 0.2) is 12.1 Å². The molecule has 21 heavy (non-hydrogen) atoms. The standard InChI is InChI=1S/C14H17F2N3O2/c15-9-4-11(16)14(19(20)21)13(5-9)18-6-8-2-1-3-12(17)10(8)7-18/h4-5,8,10,12H,1-3,6-7,17H2. The number of nitrogens with zero attached hydrogens (tertiary/aromatic N) is 2. The molecule has 0 spiro atoms. The van der Waals surface area contributed by atoms with Gasteiger partial charge in [-0.2, -0.15) is 4.39 Å². The van der Waals surface area contributed by atoms with E-state index in [2.05, 4.69) is 0 Å². The van der Waals surface area contributed by atoms with Crippen molar-refractivity contribution >= 4 is 11.4 Å². The summed E-state index contributed by atoms with van der Waals surface area (Å²) in [6, 6.07) is 1.66. The highest BCUT2D eigenvalue weighted by molar-refractivity contribution is 5.64. The van der Waals surface area contributed by atoms with E-state index < -0.39 is 22.2 Å². The maximum atomic E-state index is 13.7. The van der Waals surface area contributed by atoms with Crippen LogP contribution in [0.2, 0.25) is 0 Å². The van der Waals surface area contributed by atoms with Crippen LogP contribution in [0.25, 0.3) is 0 Å². The molecule has 0 radical (unpaired) electrons. The molecule has 1 aromatic carbocycles. The summed E-state index contributed by atoms with van der Waals surface area (Å²) in [6.07, 6.45) is 2.99. The van der Waals surface area contributed by atoms with Crippen molar-refractivity contribution in [3.05, 3.63) is 33.9 Å². The van der Waals surface area contributed by atoms with Crippen molar-refractivity contribution in [1.29, 1.82) is 0 Å². The minimum absolute atomic E-state index is 0.0269. The van der Waals surface area contributed by atoms with Crippen molar-refractivity contribution in [3.8, 4) is 0 Å². The van der Waals surface area contributed by atoms with Gasteiger partial charge in [0.05, 0.1) is 4.92 Å². The summed E-state index contributed by atoms with van der Waals surface area (Å²) >= 11 is 0. The van der Waals surface area contributed by atoms with E-state index in [9.17, 15) is 18.9 Å². The molecule has 2 aliphatic rings. The Kier molecular flexibility index (Phi) is 3.52. The molecule has 1 aliphatic heterocycles. The number of rotatable bonds is 2. The molecule has 1 saturated carbocycles. The van der Waals surface area contributed by atoms with Gasteiger partial charge in [-0.1, -0.05) is 6.42 Å². The van der Waals surface area contributed by atoms with Crippen LogP contribution >= 0.6 is 0 Å². The zero-order valence-electron chi connectivity index (χ0n) is 11.5. The Bertz CT molecular complexity index is 582. The van der Waals surface area contributed by atoms with Gasteiger partial charge in [-0.25, -0.2) is 4.39 Å². The molecule has 0 aromatic heterocycles. The first-order chi connectivity index (χ1) is 9.97. The molecule has 1 aromatic rings. The van der Waals surface area contributed by atoms with E-state index >= 15 is 0 Å². The highest BCUT2D eigenvalue weighted by Crippen LogP contribution is 2.41. The largest absolute Gasteiger partial charge is 0.365 e. The maximum absolute atomic E-state index is 13.7. The molecule has 3 atom stereocenters. The number of fused-ring (bicyclic) bond motifs is 1. The molecule has 7 heteroatoms. The average Bonchev–Trinajstić information content (AvgIpc) is 2.82.